The average molecular weight is 228 g/mol. The van der Waals surface area contributed by atoms with Crippen molar-refractivity contribution in [1.82, 2.24) is 5.32 Å². The van der Waals surface area contributed by atoms with Gasteiger partial charge in [0, 0.05) is 13.0 Å². The number of nitrogens with two attached hydrogens (primary N) is 1. The van der Waals surface area contributed by atoms with Gasteiger partial charge in [0.2, 0.25) is 5.91 Å². The Labute approximate surface area is 100 Å². The standard InChI is InChI=1S/C7H16N2O.C6H12/c1-2-6-9-7(10)4-3-5-8;1-2-4-6-5-3-1/h2-6,8H2,1H3,(H,9,10);1-6H2. The lowest BCUT2D eigenvalue weighted by molar-refractivity contribution is -0.121. The number of carbonyl (C=O) groups excluding carboxylic acids is 1. The van der Waals surface area contributed by atoms with Gasteiger partial charge < -0.3 is 11.1 Å². The van der Waals surface area contributed by atoms with Gasteiger partial charge in [-0.25, -0.2) is 0 Å². The summed E-state index contributed by atoms with van der Waals surface area (Å²) < 4.78 is 0. The summed E-state index contributed by atoms with van der Waals surface area (Å²) in [6.07, 6.45) is 11.3. The molecule has 0 spiro atoms. The van der Waals surface area contributed by atoms with Crippen LogP contribution in [0.5, 0.6) is 0 Å². The maximum Gasteiger partial charge on any atom is 0.220 e. The normalized spacial score (nSPS) is 14.9. The van der Waals surface area contributed by atoms with Crippen LogP contribution in [-0.4, -0.2) is 19.0 Å². The molecule has 96 valence electrons. The van der Waals surface area contributed by atoms with Crippen LogP contribution >= 0.6 is 0 Å². The Hall–Kier alpha value is -0.570. The van der Waals surface area contributed by atoms with Gasteiger partial charge in [-0.15, -0.1) is 0 Å². The van der Waals surface area contributed by atoms with Gasteiger partial charge in [-0.2, -0.15) is 0 Å². The highest BCUT2D eigenvalue weighted by molar-refractivity contribution is 5.75. The van der Waals surface area contributed by atoms with E-state index in [2.05, 4.69) is 5.32 Å². The molecule has 0 heterocycles. The van der Waals surface area contributed by atoms with Gasteiger partial charge in [0.25, 0.3) is 0 Å². The van der Waals surface area contributed by atoms with E-state index < -0.39 is 0 Å². The minimum Gasteiger partial charge on any atom is -0.356 e. The third kappa shape index (κ3) is 11.5. The summed E-state index contributed by atoms with van der Waals surface area (Å²) in [5.41, 5.74) is 5.23. The van der Waals surface area contributed by atoms with Crippen LogP contribution in [0.4, 0.5) is 0 Å². The molecule has 3 N–H and O–H groups in total. The van der Waals surface area contributed by atoms with Crippen LogP contribution < -0.4 is 11.1 Å². The summed E-state index contributed by atoms with van der Waals surface area (Å²) in [4.78, 5) is 10.8. The van der Waals surface area contributed by atoms with E-state index in [9.17, 15) is 4.79 Å². The van der Waals surface area contributed by atoms with Gasteiger partial charge in [-0.1, -0.05) is 45.4 Å². The molecule has 0 aliphatic heterocycles. The molecule has 1 aliphatic carbocycles. The van der Waals surface area contributed by atoms with E-state index >= 15 is 0 Å². The van der Waals surface area contributed by atoms with Crippen molar-refractivity contribution in [2.75, 3.05) is 13.1 Å². The molecule has 1 aliphatic rings. The molecule has 0 radical (unpaired) electrons. The number of amides is 1. The van der Waals surface area contributed by atoms with Gasteiger partial charge >= 0.3 is 0 Å². The molecule has 0 atom stereocenters. The molecular weight excluding hydrogens is 200 g/mol. The molecule has 0 aromatic carbocycles. The van der Waals surface area contributed by atoms with Crippen molar-refractivity contribution in [2.24, 2.45) is 5.73 Å². The molecule has 1 rings (SSSR count). The quantitative estimate of drug-likeness (QED) is 0.760. The first-order chi connectivity index (χ1) is 7.81. The van der Waals surface area contributed by atoms with Gasteiger partial charge in [0.1, 0.15) is 0 Å². The van der Waals surface area contributed by atoms with Crippen molar-refractivity contribution >= 4 is 5.91 Å². The fourth-order valence-electron chi connectivity index (χ4n) is 1.68. The van der Waals surface area contributed by atoms with Crippen molar-refractivity contribution in [3.63, 3.8) is 0 Å². The Morgan fingerprint density at radius 1 is 1.12 bits per heavy atom. The minimum atomic E-state index is 0.118. The van der Waals surface area contributed by atoms with E-state index in [-0.39, 0.29) is 5.91 Å². The monoisotopic (exact) mass is 228 g/mol. The zero-order valence-corrected chi connectivity index (χ0v) is 10.8. The minimum absolute atomic E-state index is 0.118. The van der Waals surface area contributed by atoms with Crippen LogP contribution in [0, 0.1) is 0 Å². The van der Waals surface area contributed by atoms with E-state index in [1.807, 2.05) is 6.92 Å². The van der Waals surface area contributed by atoms with Gasteiger partial charge in [0.05, 0.1) is 0 Å². The van der Waals surface area contributed by atoms with Crippen molar-refractivity contribution in [3.05, 3.63) is 0 Å². The maximum atomic E-state index is 10.8. The predicted octanol–water partition coefficient (Wildman–Crippen LogP) is 2.59. The molecular formula is C13H28N2O. The Bertz CT molecular complexity index is 135. The highest BCUT2D eigenvalue weighted by Crippen LogP contribution is 2.15. The summed E-state index contributed by atoms with van der Waals surface area (Å²) in [6.45, 7) is 3.41. The Kier molecular flexibility index (Phi) is 12.1. The number of hydrogen-bond acceptors (Lipinski definition) is 2. The molecule has 3 heteroatoms. The third-order valence-corrected chi connectivity index (χ3v) is 2.68. The van der Waals surface area contributed by atoms with Gasteiger partial charge in [0.15, 0.2) is 0 Å². The van der Waals surface area contributed by atoms with E-state index in [1.165, 1.54) is 38.5 Å². The smallest absolute Gasteiger partial charge is 0.220 e. The lowest BCUT2D eigenvalue weighted by atomic mass is 10.0. The lowest BCUT2D eigenvalue weighted by Crippen LogP contribution is -2.24. The molecule has 0 aromatic rings. The molecule has 0 unspecified atom stereocenters. The first kappa shape index (κ1) is 15.4. The summed E-state index contributed by atoms with van der Waals surface area (Å²) in [5, 5.41) is 2.77. The second-order valence-corrected chi connectivity index (χ2v) is 4.36. The molecule has 3 nitrogen and oxygen atoms in total. The van der Waals surface area contributed by atoms with Crippen molar-refractivity contribution in [3.8, 4) is 0 Å². The Morgan fingerprint density at radius 2 is 1.62 bits per heavy atom. The zero-order chi connectivity index (χ0) is 12.1. The summed E-state index contributed by atoms with van der Waals surface area (Å²) in [7, 11) is 0. The van der Waals surface area contributed by atoms with Gasteiger partial charge in [-0.3, -0.25) is 4.79 Å². The highest BCUT2D eigenvalue weighted by Gasteiger charge is 1.96. The highest BCUT2D eigenvalue weighted by atomic mass is 16.1. The van der Waals surface area contributed by atoms with E-state index in [0.717, 1.165) is 19.4 Å². The van der Waals surface area contributed by atoms with Crippen LogP contribution in [0.15, 0.2) is 0 Å². The van der Waals surface area contributed by atoms with E-state index in [0.29, 0.717) is 13.0 Å². The average Bonchev–Trinajstić information content (AvgIpc) is 2.36. The zero-order valence-electron chi connectivity index (χ0n) is 10.8. The summed E-state index contributed by atoms with van der Waals surface area (Å²) in [6, 6.07) is 0. The molecule has 16 heavy (non-hydrogen) atoms. The first-order valence-electron chi connectivity index (χ1n) is 6.78. The molecule has 1 saturated carbocycles. The Morgan fingerprint density at radius 3 is 2.00 bits per heavy atom. The van der Waals surface area contributed by atoms with Crippen molar-refractivity contribution in [2.45, 2.75) is 64.7 Å². The lowest BCUT2D eigenvalue weighted by Gasteiger charge is -2.05. The van der Waals surface area contributed by atoms with Crippen LogP contribution in [0.2, 0.25) is 0 Å². The largest absolute Gasteiger partial charge is 0.356 e. The predicted molar refractivity (Wildman–Crippen MR) is 69.3 cm³/mol. The second-order valence-electron chi connectivity index (χ2n) is 4.36. The van der Waals surface area contributed by atoms with E-state index in [1.54, 1.807) is 0 Å². The number of carbonyl (C=O) groups is 1. The number of hydrogen-bond donors (Lipinski definition) is 2. The summed E-state index contributed by atoms with van der Waals surface area (Å²) in [5.74, 6) is 0.118. The van der Waals surface area contributed by atoms with Crippen LogP contribution in [0.25, 0.3) is 0 Å². The van der Waals surface area contributed by atoms with Crippen molar-refractivity contribution < 1.29 is 4.79 Å². The second kappa shape index (κ2) is 12.5. The van der Waals surface area contributed by atoms with Crippen LogP contribution in [0.3, 0.4) is 0 Å². The first-order valence-corrected chi connectivity index (χ1v) is 6.78. The molecule has 1 fully saturated rings. The van der Waals surface area contributed by atoms with Crippen molar-refractivity contribution in [1.29, 1.82) is 0 Å². The SMILES string of the molecule is C1CCCCC1.CCCNC(=O)CCCN. The fourth-order valence-corrected chi connectivity index (χ4v) is 1.68. The Balaban J connectivity index is 0.000000315. The van der Waals surface area contributed by atoms with Crippen LogP contribution in [-0.2, 0) is 4.79 Å². The number of nitrogens with one attached hydrogen (secondary N) is 1. The van der Waals surface area contributed by atoms with Gasteiger partial charge in [-0.05, 0) is 19.4 Å². The molecule has 0 bridgehead atoms. The maximum absolute atomic E-state index is 10.8. The fraction of sp³-hybridized carbons (Fsp3) is 0.923. The van der Waals surface area contributed by atoms with E-state index in [4.69, 9.17) is 5.73 Å². The molecule has 0 saturated heterocycles. The van der Waals surface area contributed by atoms with Crippen LogP contribution in [0.1, 0.15) is 64.7 Å². The summed E-state index contributed by atoms with van der Waals surface area (Å²) >= 11 is 0. The number of rotatable bonds is 5. The topological polar surface area (TPSA) is 55.1 Å². The molecule has 1 amide bonds. The third-order valence-electron chi connectivity index (χ3n) is 2.68. The molecule has 0 aromatic heterocycles.